The van der Waals surface area contributed by atoms with Gasteiger partial charge in [-0.25, -0.2) is 0 Å². The number of nitrogens with zero attached hydrogens (tertiary/aromatic N) is 1. The topological polar surface area (TPSA) is 43.0 Å². The molecule has 0 amide bonds. The number of methoxy groups -OCH3 is 3. The molecule has 0 unspecified atom stereocenters. The Morgan fingerprint density at radius 2 is 1.64 bits per heavy atom. The summed E-state index contributed by atoms with van der Waals surface area (Å²) in [6.45, 7) is 4.28. The van der Waals surface area contributed by atoms with Gasteiger partial charge in [0.1, 0.15) is 0 Å². The Morgan fingerprint density at radius 1 is 1.05 bits per heavy atom. The molecule has 0 radical (unpaired) electrons. The molecule has 0 bridgehead atoms. The molecule has 5 nitrogen and oxygen atoms in total. The highest BCUT2D eigenvalue weighted by Crippen LogP contribution is 2.38. The van der Waals surface area contributed by atoms with E-state index in [1.165, 1.54) is 25.9 Å². The molecule has 1 saturated heterocycles. The van der Waals surface area contributed by atoms with Gasteiger partial charge in [-0.3, -0.25) is 0 Å². The van der Waals surface area contributed by atoms with E-state index in [0.29, 0.717) is 17.2 Å². The van der Waals surface area contributed by atoms with Crippen molar-refractivity contribution in [1.29, 1.82) is 0 Å². The minimum Gasteiger partial charge on any atom is -0.493 e. The van der Waals surface area contributed by atoms with Crippen molar-refractivity contribution < 1.29 is 14.2 Å². The Balaban J connectivity index is 1.92. The summed E-state index contributed by atoms with van der Waals surface area (Å²) in [5.41, 5.74) is 1.14. The van der Waals surface area contributed by atoms with Crippen LogP contribution < -0.4 is 19.5 Å². The maximum atomic E-state index is 5.39. The maximum Gasteiger partial charge on any atom is 0.203 e. The van der Waals surface area contributed by atoms with Gasteiger partial charge in [0.25, 0.3) is 0 Å². The van der Waals surface area contributed by atoms with Gasteiger partial charge in [0, 0.05) is 6.54 Å². The first-order chi connectivity index (χ1) is 10.7. The number of likely N-dealkylation sites (tertiary alicyclic amines) is 1. The lowest BCUT2D eigenvalue weighted by Crippen LogP contribution is -2.34. The average molecular weight is 308 g/mol. The van der Waals surface area contributed by atoms with E-state index in [9.17, 15) is 0 Å². The van der Waals surface area contributed by atoms with Crippen molar-refractivity contribution in [3.05, 3.63) is 17.7 Å². The standard InChI is InChI=1S/C17H28N2O3/c1-19-7-5-13(6-8-19)11-18-12-14-9-15(20-2)17(22-4)16(10-14)21-3/h9-10,13,18H,5-8,11-12H2,1-4H3. The van der Waals surface area contributed by atoms with E-state index in [1.54, 1.807) is 21.3 Å². The Bertz CT molecular complexity index is 446. The maximum absolute atomic E-state index is 5.39. The molecule has 0 aromatic heterocycles. The summed E-state index contributed by atoms with van der Waals surface area (Å²) >= 11 is 0. The number of ether oxygens (including phenoxy) is 3. The SMILES string of the molecule is COc1cc(CNCC2CCN(C)CC2)cc(OC)c1OC. The lowest BCUT2D eigenvalue weighted by Gasteiger charge is -2.29. The molecule has 124 valence electrons. The summed E-state index contributed by atoms with van der Waals surface area (Å²) in [6, 6.07) is 4.01. The highest BCUT2D eigenvalue weighted by Gasteiger charge is 2.17. The highest BCUT2D eigenvalue weighted by molar-refractivity contribution is 5.53. The van der Waals surface area contributed by atoms with E-state index in [0.717, 1.165) is 24.6 Å². The van der Waals surface area contributed by atoms with Crippen LogP contribution in [0.1, 0.15) is 18.4 Å². The molecule has 1 aromatic rings. The molecule has 1 fully saturated rings. The number of rotatable bonds is 7. The molecule has 2 rings (SSSR count). The van der Waals surface area contributed by atoms with Crippen LogP contribution in [-0.2, 0) is 6.54 Å². The van der Waals surface area contributed by atoms with Gasteiger partial charge in [0.15, 0.2) is 11.5 Å². The average Bonchev–Trinajstić information content (AvgIpc) is 2.55. The van der Waals surface area contributed by atoms with Crippen LogP contribution in [-0.4, -0.2) is 52.9 Å². The van der Waals surface area contributed by atoms with Gasteiger partial charge in [-0.1, -0.05) is 0 Å². The smallest absolute Gasteiger partial charge is 0.203 e. The first-order valence-corrected chi connectivity index (χ1v) is 7.86. The quantitative estimate of drug-likeness (QED) is 0.836. The van der Waals surface area contributed by atoms with Crippen LogP contribution in [0, 0.1) is 5.92 Å². The number of benzene rings is 1. The summed E-state index contributed by atoms with van der Waals surface area (Å²) in [4.78, 5) is 2.40. The molecule has 0 atom stereocenters. The molecule has 22 heavy (non-hydrogen) atoms. The minimum atomic E-state index is 0.643. The van der Waals surface area contributed by atoms with Crippen LogP contribution in [0.3, 0.4) is 0 Å². The van der Waals surface area contributed by atoms with Gasteiger partial charge in [0.2, 0.25) is 5.75 Å². The van der Waals surface area contributed by atoms with Crippen LogP contribution in [0.25, 0.3) is 0 Å². The second-order valence-corrected chi connectivity index (χ2v) is 5.91. The third kappa shape index (κ3) is 4.27. The fourth-order valence-corrected chi connectivity index (χ4v) is 2.92. The first-order valence-electron chi connectivity index (χ1n) is 7.86. The van der Waals surface area contributed by atoms with Crippen LogP contribution in [0.2, 0.25) is 0 Å². The molecule has 5 heteroatoms. The number of hydrogen-bond donors (Lipinski definition) is 1. The van der Waals surface area contributed by atoms with E-state index in [-0.39, 0.29) is 0 Å². The van der Waals surface area contributed by atoms with Crippen LogP contribution >= 0.6 is 0 Å². The summed E-state index contributed by atoms with van der Waals surface area (Å²) < 4.78 is 16.1. The summed E-state index contributed by atoms with van der Waals surface area (Å²) in [7, 11) is 7.11. The second-order valence-electron chi connectivity index (χ2n) is 5.91. The summed E-state index contributed by atoms with van der Waals surface area (Å²) in [6.07, 6.45) is 2.55. The molecule has 1 N–H and O–H groups in total. The van der Waals surface area contributed by atoms with Crippen molar-refractivity contribution in [3.8, 4) is 17.2 Å². The van der Waals surface area contributed by atoms with E-state index < -0.39 is 0 Å². The molecule has 0 spiro atoms. The Morgan fingerprint density at radius 3 is 2.14 bits per heavy atom. The molecule has 1 aliphatic heterocycles. The van der Waals surface area contributed by atoms with Crippen LogP contribution in [0.5, 0.6) is 17.2 Å². The van der Waals surface area contributed by atoms with Gasteiger partial charge in [-0.05, 0) is 63.1 Å². The number of nitrogens with one attached hydrogen (secondary N) is 1. The molecule has 1 aliphatic rings. The molecular weight excluding hydrogens is 280 g/mol. The molecule has 0 saturated carbocycles. The van der Waals surface area contributed by atoms with Gasteiger partial charge in [0.05, 0.1) is 21.3 Å². The lowest BCUT2D eigenvalue weighted by atomic mass is 9.97. The minimum absolute atomic E-state index is 0.643. The van der Waals surface area contributed by atoms with E-state index >= 15 is 0 Å². The molecule has 1 heterocycles. The predicted molar refractivity (Wildman–Crippen MR) is 88.0 cm³/mol. The Labute approximate surface area is 133 Å². The first kappa shape index (κ1) is 16.9. The largest absolute Gasteiger partial charge is 0.493 e. The fourth-order valence-electron chi connectivity index (χ4n) is 2.92. The fraction of sp³-hybridized carbons (Fsp3) is 0.647. The third-order valence-corrected chi connectivity index (χ3v) is 4.32. The van der Waals surface area contributed by atoms with Gasteiger partial charge in [-0.2, -0.15) is 0 Å². The molecule has 1 aromatic carbocycles. The number of hydrogen-bond acceptors (Lipinski definition) is 5. The zero-order chi connectivity index (χ0) is 15.9. The third-order valence-electron chi connectivity index (χ3n) is 4.32. The lowest BCUT2D eigenvalue weighted by molar-refractivity contribution is 0.216. The Hall–Kier alpha value is -1.46. The summed E-state index contributed by atoms with van der Waals surface area (Å²) in [5, 5.41) is 3.56. The normalized spacial score (nSPS) is 16.5. The zero-order valence-electron chi connectivity index (χ0n) is 14.1. The predicted octanol–water partition coefficient (Wildman–Crippen LogP) is 2.14. The van der Waals surface area contributed by atoms with Crippen molar-refractivity contribution >= 4 is 0 Å². The van der Waals surface area contributed by atoms with Gasteiger partial charge in [-0.15, -0.1) is 0 Å². The molecule has 0 aliphatic carbocycles. The monoisotopic (exact) mass is 308 g/mol. The van der Waals surface area contributed by atoms with Crippen molar-refractivity contribution in [2.45, 2.75) is 19.4 Å². The van der Waals surface area contributed by atoms with Crippen LogP contribution in [0.4, 0.5) is 0 Å². The Kier molecular flexibility index (Phi) is 6.34. The summed E-state index contributed by atoms with van der Waals surface area (Å²) in [5.74, 6) is 2.83. The van der Waals surface area contributed by atoms with E-state index in [2.05, 4.69) is 17.3 Å². The van der Waals surface area contributed by atoms with Crippen molar-refractivity contribution in [2.75, 3.05) is 48.0 Å². The van der Waals surface area contributed by atoms with Gasteiger partial charge >= 0.3 is 0 Å². The van der Waals surface area contributed by atoms with Crippen molar-refractivity contribution in [2.24, 2.45) is 5.92 Å². The van der Waals surface area contributed by atoms with Crippen molar-refractivity contribution in [1.82, 2.24) is 10.2 Å². The van der Waals surface area contributed by atoms with Crippen LogP contribution in [0.15, 0.2) is 12.1 Å². The number of piperidine rings is 1. The van der Waals surface area contributed by atoms with E-state index in [4.69, 9.17) is 14.2 Å². The molecular formula is C17H28N2O3. The van der Waals surface area contributed by atoms with Crippen molar-refractivity contribution in [3.63, 3.8) is 0 Å². The highest BCUT2D eigenvalue weighted by atomic mass is 16.5. The second kappa shape index (κ2) is 8.25. The van der Waals surface area contributed by atoms with E-state index in [1.807, 2.05) is 12.1 Å². The zero-order valence-corrected chi connectivity index (χ0v) is 14.1. The van der Waals surface area contributed by atoms with Gasteiger partial charge < -0.3 is 24.4 Å².